The van der Waals surface area contributed by atoms with E-state index in [9.17, 15) is 4.39 Å². The second-order valence-electron chi connectivity index (χ2n) is 5.76. The Kier molecular flexibility index (Phi) is 5.85. The summed E-state index contributed by atoms with van der Waals surface area (Å²) < 4.78 is 24.4. The molecular weight excluding hydrogens is 355 g/mol. The van der Waals surface area contributed by atoms with E-state index in [0.29, 0.717) is 29.4 Å². The maximum Gasteiger partial charge on any atom is 0.189 e. The number of amidine groups is 1. The second-order valence-corrected chi connectivity index (χ2v) is 6.76. The lowest BCUT2D eigenvalue weighted by molar-refractivity contribution is -0.0171. The van der Waals surface area contributed by atoms with Crippen LogP contribution in [0.15, 0.2) is 40.7 Å². The van der Waals surface area contributed by atoms with E-state index >= 15 is 0 Å². The minimum atomic E-state index is -0.329. The Bertz CT molecular complexity index is 853. The fourth-order valence-electron chi connectivity index (χ4n) is 2.41. The smallest absolute Gasteiger partial charge is 0.189 e. The molecule has 0 atom stereocenters. The van der Waals surface area contributed by atoms with Gasteiger partial charge in [-0.25, -0.2) is 4.39 Å². The SMILES string of the molecule is C/C(=N/N=C(/N)SCc1cc(F)cc2c1OCOC2)c1ccc(C)nc1. The Labute approximate surface area is 155 Å². The number of rotatable bonds is 4. The fourth-order valence-corrected chi connectivity index (χ4v) is 3.02. The Morgan fingerprint density at radius 3 is 2.96 bits per heavy atom. The number of hydrogen-bond acceptors (Lipinski definition) is 6. The molecule has 8 heteroatoms. The van der Waals surface area contributed by atoms with Crippen LogP contribution < -0.4 is 10.5 Å². The van der Waals surface area contributed by atoms with E-state index in [1.165, 1.54) is 23.9 Å². The summed E-state index contributed by atoms with van der Waals surface area (Å²) >= 11 is 1.27. The van der Waals surface area contributed by atoms with Crippen molar-refractivity contribution < 1.29 is 13.9 Å². The van der Waals surface area contributed by atoms with E-state index in [2.05, 4.69) is 15.2 Å². The predicted molar refractivity (Wildman–Crippen MR) is 101 cm³/mol. The Morgan fingerprint density at radius 2 is 2.19 bits per heavy atom. The highest BCUT2D eigenvalue weighted by atomic mass is 32.2. The summed E-state index contributed by atoms with van der Waals surface area (Å²) in [6.07, 6.45) is 1.74. The van der Waals surface area contributed by atoms with Crippen LogP contribution in [0.5, 0.6) is 5.75 Å². The Hall–Kier alpha value is -2.45. The van der Waals surface area contributed by atoms with Gasteiger partial charge in [0.2, 0.25) is 0 Å². The predicted octanol–water partition coefficient (Wildman–Crippen LogP) is 3.37. The van der Waals surface area contributed by atoms with Gasteiger partial charge in [-0.15, -0.1) is 5.10 Å². The molecule has 0 fully saturated rings. The minimum Gasteiger partial charge on any atom is -0.467 e. The van der Waals surface area contributed by atoms with Crippen molar-refractivity contribution >= 4 is 22.6 Å². The molecule has 2 N–H and O–H groups in total. The van der Waals surface area contributed by atoms with Crippen molar-refractivity contribution in [3.05, 3.63) is 58.7 Å². The number of benzene rings is 1. The van der Waals surface area contributed by atoms with Crippen LogP contribution in [-0.2, 0) is 17.1 Å². The summed E-state index contributed by atoms with van der Waals surface area (Å²) in [5.74, 6) is 0.754. The molecule has 2 aromatic rings. The maximum absolute atomic E-state index is 13.7. The number of aryl methyl sites for hydroxylation is 1. The van der Waals surface area contributed by atoms with Crippen molar-refractivity contribution in [3.8, 4) is 5.75 Å². The number of nitrogens with zero attached hydrogens (tertiary/aromatic N) is 3. The van der Waals surface area contributed by atoms with E-state index in [1.807, 2.05) is 26.0 Å². The quantitative estimate of drug-likeness (QED) is 0.504. The number of pyridine rings is 1. The summed E-state index contributed by atoms with van der Waals surface area (Å²) in [5, 5.41) is 8.45. The van der Waals surface area contributed by atoms with Gasteiger partial charge in [-0.1, -0.05) is 11.8 Å². The highest BCUT2D eigenvalue weighted by Crippen LogP contribution is 2.31. The fraction of sp³-hybridized carbons (Fsp3) is 0.278. The molecule has 0 saturated carbocycles. The highest BCUT2D eigenvalue weighted by molar-refractivity contribution is 8.13. The average Bonchev–Trinajstić information content (AvgIpc) is 2.64. The first-order valence-electron chi connectivity index (χ1n) is 7.98. The van der Waals surface area contributed by atoms with Crippen molar-refractivity contribution in [1.82, 2.24) is 4.98 Å². The number of fused-ring (bicyclic) bond motifs is 1. The summed E-state index contributed by atoms with van der Waals surface area (Å²) in [7, 11) is 0. The van der Waals surface area contributed by atoms with Crippen LogP contribution in [0, 0.1) is 12.7 Å². The molecule has 0 radical (unpaired) electrons. The molecule has 3 rings (SSSR count). The molecule has 0 bridgehead atoms. The van der Waals surface area contributed by atoms with Crippen molar-refractivity contribution in [2.75, 3.05) is 6.79 Å². The van der Waals surface area contributed by atoms with Gasteiger partial charge in [0.15, 0.2) is 12.0 Å². The van der Waals surface area contributed by atoms with Crippen molar-refractivity contribution in [2.45, 2.75) is 26.2 Å². The molecule has 1 aromatic heterocycles. The van der Waals surface area contributed by atoms with E-state index in [0.717, 1.165) is 16.8 Å². The van der Waals surface area contributed by atoms with Crippen LogP contribution in [0.2, 0.25) is 0 Å². The van der Waals surface area contributed by atoms with Gasteiger partial charge in [-0.2, -0.15) is 5.10 Å². The summed E-state index contributed by atoms with van der Waals surface area (Å²) in [6, 6.07) is 6.70. The van der Waals surface area contributed by atoms with Gasteiger partial charge >= 0.3 is 0 Å². The van der Waals surface area contributed by atoms with E-state index in [1.54, 1.807) is 6.20 Å². The number of aromatic nitrogens is 1. The zero-order valence-corrected chi connectivity index (χ0v) is 15.3. The number of ether oxygens (including phenoxy) is 2. The van der Waals surface area contributed by atoms with Crippen molar-refractivity contribution in [3.63, 3.8) is 0 Å². The van der Waals surface area contributed by atoms with Crippen LogP contribution in [-0.4, -0.2) is 22.7 Å². The van der Waals surface area contributed by atoms with Crippen LogP contribution in [0.25, 0.3) is 0 Å². The monoisotopic (exact) mass is 374 g/mol. The Balaban J connectivity index is 1.68. The van der Waals surface area contributed by atoms with E-state index in [4.69, 9.17) is 15.2 Å². The normalized spacial score (nSPS) is 14.7. The molecule has 26 heavy (non-hydrogen) atoms. The third-order valence-electron chi connectivity index (χ3n) is 3.75. The first-order valence-corrected chi connectivity index (χ1v) is 8.97. The molecule has 0 amide bonds. The van der Waals surface area contributed by atoms with Gasteiger partial charge in [0.25, 0.3) is 0 Å². The molecule has 0 spiro atoms. The van der Waals surface area contributed by atoms with E-state index < -0.39 is 0 Å². The molecule has 136 valence electrons. The lowest BCUT2D eigenvalue weighted by Crippen LogP contribution is -2.14. The third-order valence-corrected chi connectivity index (χ3v) is 4.59. The topological polar surface area (TPSA) is 82.1 Å². The largest absolute Gasteiger partial charge is 0.467 e. The minimum absolute atomic E-state index is 0.161. The van der Waals surface area contributed by atoms with Gasteiger partial charge < -0.3 is 15.2 Å². The van der Waals surface area contributed by atoms with Gasteiger partial charge in [0, 0.05) is 34.3 Å². The Morgan fingerprint density at radius 1 is 1.35 bits per heavy atom. The molecule has 1 aliphatic rings. The number of hydrogen-bond donors (Lipinski definition) is 1. The zero-order valence-electron chi connectivity index (χ0n) is 14.5. The van der Waals surface area contributed by atoms with Crippen LogP contribution >= 0.6 is 11.8 Å². The van der Waals surface area contributed by atoms with Crippen molar-refractivity contribution in [1.29, 1.82) is 0 Å². The molecule has 2 heterocycles. The second kappa shape index (κ2) is 8.29. The molecule has 0 aliphatic carbocycles. The summed E-state index contributed by atoms with van der Waals surface area (Å²) in [4.78, 5) is 4.23. The number of nitrogens with two attached hydrogens (primary N) is 1. The van der Waals surface area contributed by atoms with Gasteiger partial charge in [-0.3, -0.25) is 4.98 Å². The zero-order chi connectivity index (χ0) is 18.5. The molecule has 1 aliphatic heterocycles. The molecule has 1 aromatic carbocycles. The van der Waals surface area contributed by atoms with Gasteiger partial charge in [-0.05, 0) is 38.1 Å². The molecular formula is C18H19FN4O2S. The molecule has 0 saturated heterocycles. The average molecular weight is 374 g/mol. The summed E-state index contributed by atoms with van der Waals surface area (Å²) in [5.41, 5.74) is 9.86. The standard InChI is InChI=1S/C18H19FN4O2S/c1-11-3-4-13(7-21-11)12(2)22-23-18(20)26-9-15-6-16(19)5-14-8-24-10-25-17(14)15/h3-7H,8-10H2,1-2H3,(H2,20,23)/b22-12-. The van der Waals surface area contributed by atoms with Gasteiger partial charge in [0.05, 0.1) is 12.3 Å². The molecule has 6 nitrogen and oxygen atoms in total. The van der Waals surface area contributed by atoms with Crippen LogP contribution in [0.3, 0.4) is 0 Å². The number of thioether (sulfide) groups is 1. The number of halogens is 1. The van der Waals surface area contributed by atoms with Crippen LogP contribution in [0.1, 0.15) is 29.3 Å². The summed E-state index contributed by atoms with van der Waals surface area (Å²) in [6.45, 7) is 4.25. The van der Waals surface area contributed by atoms with Crippen LogP contribution in [0.4, 0.5) is 4.39 Å². The third kappa shape index (κ3) is 4.59. The first-order chi connectivity index (χ1) is 12.5. The molecule has 0 unspecified atom stereocenters. The lowest BCUT2D eigenvalue weighted by Gasteiger charge is -2.20. The van der Waals surface area contributed by atoms with Gasteiger partial charge in [0.1, 0.15) is 11.6 Å². The highest BCUT2D eigenvalue weighted by Gasteiger charge is 2.17. The van der Waals surface area contributed by atoms with Crippen molar-refractivity contribution in [2.24, 2.45) is 15.9 Å². The van der Waals surface area contributed by atoms with E-state index in [-0.39, 0.29) is 17.8 Å². The lowest BCUT2D eigenvalue weighted by atomic mass is 10.1. The maximum atomic E-state index is 13.7. The first kappa shape index (κ1) is 18.3.